The van der Waals surface area contributed by atoms with Crippen LogP contribution in [0.3, 0.4) is 0 Å². The number of carbonyl (C=O) groups excluding carboxylic acids is 1. The van der Waals surface area contributed by atoms with Gasteiger partial charge in [0.05, 0.1) is 5.71 Å². The third-order valence-corrected chi connectivity index (χ3v) is 0.374. The van der Waals surface area contributed by atoms with E-state index in [1.807, 2.05) is 0 Å². The zero-order chi connectivity index (χ0) is 4.99. The lowest BCUT2D eigenvalue weighted by Crippen LogP contribution is -1.95. The molecule has 0 saturated carbocycles. The molecular formula is C3H6N2O. The third kappa shape index (κ3) is 1.46. The van der Waals surface area contributed by atoms with Crippen LogP contribution in [0.2, 0.25) is 0 Å². The molecular weight excluding hydrogens is 80.0 g/mol. The van der Waals surface area contributed by atoms with Crippen molar-refractivity contribution >= 4 is 12.0 Å². The van der Waals surface area contributed by atoms with Crippen molar-refractivity contribution in [2.45, 2.75) is 6.92 Å². The highest BCUT2D eigenvalue weighted by atomic mass is 16.1. The fourth-order valence-corrected chi connectivity index (χ4v) is 0.0304. The normalized spacial score (nSPS) is 11.2. The van der Waals surface area contributed by atoms with Gasteiger partial charge in [0.25, 0.3) is 0 Å². The largest absolute Gasteiger partial charge is 0.323 e. The maximum absolute atomic E-state index is 9.53. The lowest BCUT2D eigenvalue weighted by molar-refractivity contribution is -0.102. The molecule has 0 aliphatic rings. The van der Waals surface area contributed by atoms with Gasteiger partial charge >= 0.3 is 0 Å². The second kappa shape index (κ2) is 2.38. The minimum atomic E-state index is 0.315. The Balaban J connectivity index is 3.50. The second-order valence-corrected chi connectivity index (χ2v) is 0.888. The van der Waals surface area contributed by atoms with Crippen LogP contribution >= 0.6 is 0 Å². The molecule has 0 aliphatic carbocycles. The van der Waals surface area contributed by atoms with Gasteiger partial charge in [0.1, 0.15) is 0 Å². The van der Waals surface area contributed by atoms with Gasteiger partial charge in [0, 0.05) is 0 Å². The van der Waals surface area contributed by atoms with Gasteiger partial charge in [0.2, 0.25) is 0 Å². The fourth-order valence-electron chi connectivity index (χ4n) is 0.0304. The molecule has 3 nitrogen and oxygen atoms in total. The monoisotopic (exact) mass is 86.0 g/mol. The van der Waals surface area contributed by atoms with Gasteiger partial charge in [-0.1, -0.05) is 0 Å². The lowest BCUT2D eigenvalue weighted by atomic mass is 10.5. The lowest BCUT2D eigenvalue weighted by Gasteiger charge is -1.73. The van der Waals surface area contributed by atoms with E-state index in [4.69, 9.17) is 0 Å². The van der Waals surface area contributed by atoms with Crippen LogP contribution in [0.1, 0.15) is 6.92 Å². The zero-order valence-corrected chi connectivity index (χ0v) is 3.51. The van der Waals surface area contributed by atoms with E-state index in [0.29, 0.717) is 12.0 Å². The second-order valence-electron chi connectivity index (χ2n) is 0.888. The molecule has 0 saturated heterocycles. The Morgan fingerprint density at radius 3 is 2.50 bits per heavy atom. The summed E-state index contributed by atoms with van der Waals surface area (Å²) >= 11 is 0. The van der Waals surface area contributed by atoms with Crippen LogP contribution in [0.25, 0.3) is 0 Å². The van der Waals surface area contributed by atoms with Crippen LogP contribution in [0.15, 0.2) is 5.10 Å². The van der Waals surface area contributed by atoms with Crippen LogP contribution < -0.4 is 5.84 Å². The minimum Gasteiger partial charge on any atom is -0.323 e. The van der Waals surface area contributed by atoms with E-state index in [-0.39, 0.29) is 0 Å². The molecule has 0 spiro atoms. The Morgan fingerprint density at radius 2 is 2.50 bits per heavy atom. The van der Waals surface area contributed by atoms with Gasteiger partial charge in [-0.15, -0.1) is 0 Å². The fraction of sp³-hybridized carbons (Fsp3) is 0.333. The number of aldehydes is 1. The predicted octanol–water partition coefficient (Wildman–Crippen LogP) is -0.480. The van der Waals surface area contributed by atoms with Gasteiger partial charge in [0.15, 0.2) is 6.29 Å². The maximum Gasteiger partial charge on any atom is 0.165 e. The van der Waals surface area contributed by atoms with Crippen LogP contribution in [0, 0.1) is 0 Å². The summed E-state index contributed by atoms with van der Waals surface area (Å²) in [4.78, 5) is 9.53. The number of rotatable bonds is 1. The number of nitrogens with zero attached hydrogens (tertiary/aromatic N) is 1. The third-order valence-electron chi connectivity index (χ3n) is 0.374. The topological polar surface area (TPSA) is 55.5 Å². The standard InChI is InChI=1S/C3H6N2O/c1-3(2-6)5-4/h2H,4H2,1H3. The van der Waals surface area contributed by atoms with E-state index in [0.717, 1.165) is 0 Å². The van der Waals surface area contributed by atoms with Crippen molar-refractivity contribution in [3.8, 4) is 0 Å². The van der Waals surface area contributed by atoms with Gasteiger partial charge in [-0.3, -0.25) is 4.79 Å². The summed E-state index contributed by atoms with van der Waals surface area (Å²) in [5, 5.41) is 3.06. The van der Waals surface area contributed by atoms with Crippen LogP contribution in [-0.2, 0) is 4.79 Å². The first-order valence-corrected chi connectivity index (χ1v) is 1.51. The number of hydrazone groups is 1. The quantitative estimate of drug-likeness (QED) is 0.203. The Labute approximate surface area is 35.8 Å². The van der Waals surface area contributed by atoms with Crippen molar-refractivity contribution in [1.82, 2.24) is 0 Å². The summed E-state index contributed by atoms with van der Waals surface area (Å²) in [6.45, 7) is 1.53. The summed E-state index contributed by atoms with van der Waals surface area (Å²) < 4.78 is 0. The molecule has 0 aromatic heterocycles. The SMILES string of the molecule is CC(C=O)=NN. The average molecular weight is 86.1 g/mol. The zero-order valence-electron chi connectivity index (χ0n) is 3.51. The van der Waals surface area contributed by atoms with Gasteiger partial charge in [-0.2, -0.15) is 5.10 Å². The highest BCUT2D eigenvalue weighted by molar-refractivity contribution is 6.26. The smallest absolute Gasteiger partial charge is 0.165 e. The summed E-state index contributed by atoms with van der Waals surface area (Å²) in [6.07, 6.45) is 0.597. The van der Waals surface area contributed by atoms with E-state index in [1.165, 1.54) is 6.92 Å². The Hall–Kier alpha value is -0.860. The molecule has 0 heterocycles. The Kier molecular flexibility index (Phi) is 2.04. The summed E-state index contributed by atoms with van der Waals surface area (Å²) in [7, 11) is 0. The first-order chi connectivity index (χ1) is 2.81. The van der Waals surface area contributed by atoms with Crippen LogP contribution in [0.5, 0.6) is 0 Å². The molecule has 0 amide bonds. The van der Waals surface area contributed by atoms with Gasteiger partial charge in [-0.25, -0.2) is 0 Å². The highest BCUT2D eigenvalue weighted by Gasteiger charge is 1.75. The molecule has 6 heavy (non-hydrogen) atoms. The first kappa shape index (κ1) is 5.14. The van der Waals surface area contributed by atoms with Crippen molar-refractivity contribution in [1.29, 1.82) is 0 Å². The molecule has 0 aromatic carbocycles. The van der Waals surface area contributed by atoms with Crippen molar-refractivity contribution < 1.29 is 4.79 Å². The van der Waals surface area contributed by atoms with Crippen molar-refractivity contribution in [2.24, 2.45) is 10.9 Å². The predicted molar refractivity (Wildman–Crippen MR) is 23.4 cm³/mol. The molecule has 34 valence electrons. The van der Waals surface area contributed by atoms with Crippen molar-refractivity contribution in [2.75, 3.05) is 0 Å². The van der Waals surface area contributed by atoms with Crippen LogP contribution in [0.4, 0.5) is 0 Å². The van der Waals surface area contributed by atoms with E-state index >= 15 is 0 Å². The molecule has 0 radical (unpaired) electrons. The van der Waals surface area contributed by atoms with Crippen molar-refractivity contribution in [3.63, 3.8) is 0 Å². The minimum absolute atomic E-state index is 0.315. The highest BCUT2D eigenvalue weighted by Crippen LogP contribution is 1.57. The average Bonchev–Trinajstić information content (AvgIpc) is 1.65. The maximum atomic E-state index is 9.53. The first-order valence-electron chi connectivity index (χ1n) is 1.51. The molecule has 3 heteroatoms. The molecule has 0 rings (SSSR count). The molecule has 2 N–H and O–H groups in total. The van der Waals surface area contributed by atoms with Gasteiger partial charge in [-0.05, 0) is 6.92 Å². The van der Waals surface area contributed by atoms with E-state index < -0.39 is 0 Å². The molecule has 0 aromatic rings. The van der Waals surface area contributed by atoms with Gasteiger partial charge < -0.3 is 5.84 Å². The van der Waals surface area contributed by atoms with E-state index in [2.05, 4.69) is 10.9 Å². The molecule has 0 atom stereocenters. The summed E-state index contributed by atoms with van der Waals surface area (Å²) in [6, 6.07) is 0. The summed E-state index contributed by atoms with van der Waals surface area (Å²) in [5.41, 5.74) is 0.315. The number of hydrogen-bond acceptors (Lipinski definition) is 3. The van der Waals surface area contributed by atoms with E-state index in [9.17, 15) is 4.79 Å². The summed E-state index contributed by atoms with van der Waals surface area (Å²) in [5.74, 6) is 4.64. The van der Waals surface area contributed by atoms with Crippen molar-refractivity contribution in [3.05, 3.63) is 0 Å². The molecule has 0 aliphatic heterocycles. The number of nitrogens with two attached hydrogens (primary N) is 1. The Morgan fingerprint density at radius 1 is 2.00 bits per heavy atom. The van der Waals surface area contributed by atoms with Crippen LogP contribution in [-0.4, -0.2) is 12.0 Å². The molecule has 0 unspecified atom stereocenters. The molecule has 0 bridgehead atoms. The number of carbonyl (C=O) groups is 1. The van der Waals surface area contributed by atoms with E-state index in [1.54, 1.807) is 0 Å². The number of hydrogen-bond donors (Lipinski definition) is 1. The Bertz CT molecular complexity index is 76.9. The molecule has 0 fully saturated rings.